The van der Waals surface area contributed by atoms with Crippen LogP contribution >= 0.6 is 11.6 Å². The van der Waals surface area contributed by atoms with Gasteiger partial charge in [-0.25, -0.2) is 14.4 Å². The molecule has 0 saturated heterocycles. The molecule has 1 amide bonds. The van der Waals surface area contributed by atoms with E-state index in [4.69, 9.17) is 16.3 Å². The Labute approximate surface area is 227 Å². The van der Waals surface area contributed by atoms with E-state index in [0.717, 1.165) is 37.7 Å². The molecule has 1 aliphatic rings. The molecule has 0 aliphatic heterocycles. The molecule has 8 nitrogen and oxygen atoms in total. The van der Waals surface area contributed by atoms with Crippen LogP contribution in [0.4, 0.5) is 4.39 Å². The van der Waals surface area contributed by atoms with Gasteiger partial charge in [-0.05, 0) is 49.9 Å². The third-order valence-corrected chi connectivity index (χ3v) is 7.24. The molecule has 10 heteroatoms. The Hall–Kier alpha value is -3.33. The van der Waals surface area contributed by atoms with Crippen LogP contribution in [0.1, 0.15) is 64.4 Å². The van der Waals surface area contributed by atoms with Gasteiger partial charge in [0.1, 0.15) is 6.67 Å². The van der Waals surface area contributed by atoms with Gasteiger partial charge in [0.15, 0.2) is 11.6 Å². The normalized spacial score (nSPS) is 15.6. The van der Waals surface area contributed by atoms with Crippen LogP contribution in [0.3, 0.4) is 0 Å². The molecule has 38 heavy (non-hydrogen) atoms. The molecule has 1 fully saturated rings. The highest BCUT2D eigenvalue weighted by Crippen LogP contribution is 2.37. The Morgan fingerprint density at radius 1 is 1.16 bits per heavy atom. The molecule has 2 N–H and O–H groups in total. The highest BCUT2D eigenvalue weighted by atomic mass is 35.5. The van der Waals surface area contributed by atoms with Crippen molar-refractivity contribution in [3.63, 3.8) is 0 Å². The van der Waals surface area contributed by atoms with Crippen molar-refractivity contribution >= 4 is 17.5 Å². The van der Waals surface area contributed by atoms with Crippen molar-refractivity contribution in [3.05, 3.63) is 47.1 Å². The van der Waals surface area contributed by atoms with Gasteiger partial charge in [-0.1, -0.05) is 50.3 Å². The second-order valence-corrected chi connectivity index (χ2v) is 10.3. The Morgan fingerprint density at radius 2 is 1.92 bits per heavy atom. The molecule has 0 bridgehead atoms. The molecule has 4 rings (SSSR count). The molecule has 1 atom stereocenters. The first-order valence-corrected chi connectivity index (χ1v) is 13.4. The highest BCUT2D eigenvalue weighted by molar-refractivity contribution is 6.33. The number of hydrogen-bond donors (Lipinski definition) is 2. The van der Waals surface area contributed by atoms with E-state index in [0.29, 0.717) is 34.9 Å². The van der Waals surface area contributed by atoms with E-state index in [2.05, 4.69) is 32.2 Å². The third kappa shape index (κ3) is 6.56. The molecule has 1 saturated carbocycles. The monoisotopic (exact) mass is 541 g/mol. The number of pyridine rings is 1. The van der Waals surface area contributed by atoms with Crippen molar-refractivity contribution in [2.24, 2.45) is 5.41 Å². The molecule has 2 aromatic heterocycles. The van der Waals surface area contributed by atoms with E-state index in [9.17, 15) is 14.3 Å². The van der Waals surface area contributed by atoms with E-state index in [1.165, 1.54) is 0 Å². The van der Waals surface area contributed by atoms with Crippen LogP contribution in [-0.4, -0.2) is 43.7 Å². The Bertz CT molecular complexity index is 1250. The van der Waals surface area contributed by atoms with Gasteiger partial charge in [0, 0.05) is 29.9 Å². The smallest absolute Gasteiger partial charge is 0.318 e. The van der Waals surface area contributed by atoms with Gasteiger partial charge in [-0.3, -0.25) is 4.79 Å². The van der Waals surface area contributed by atoms with Gasteiger partial charge in [0.05, 0.1) is 16.5 Å². The molecule has 1 aromatic carbocycles. The number of aromatic nitrogens is 4. The molecule has 0 radical (unpaired) electrons. The van der Waals surface area contributed by atoms with Crippen LogP contribution in [0.25, 0.3) is 22.8 Å². The maximum absolute atomic E-state index is 13.8. The predicted molar refractivity (Wildman–Crippen MR) is 144 cm³/mol. The summed E-state index contributed by atoms with van der Waals surface area (Å²) in [6.45, 7) is 3.64. The largest absolute Gasteiger partial charge is 0.479 e. The van der Waals surface area contributed by atoms with Gasteiger partial charge >= 0.3 is 6.01 Å². The number of rotatable bonds is 10. The van der Waals surface area contributed by atoms with E-state index >= 15 is 0 Å². The summed E-state index contributed by atoms with van der Waals surface area (Å²) in [6, 6.07) is 8.23. The number of nitrogens with one attached hydrogen (secondary N) is 1. The van der Waals surface area contributed by atoms with E-state index in [1.807, 2.05) is 6.92 Å². The van der Waals surface area contributed by atoms with Gasteiger partial charge in [0.2, 0.25) is 11.8 Å². The molecule has 3 aromatic rings. The number of halogens is 2. The average molecular weight is 542 g/mol. The van der Waals surface area contributed by atoms with Crippen molar-refractivity contribution < 1.29 is 19.0 Å². The Balaban J connectivity index is 1.52. The zero-order valence-corrected chi connectivity index (χ0v) is 22.5. The van der Waals surface area contributed by atoms with Crippen molar-refractivity contribution in [1.82, 2.24) is 25.3 Å². The van der Waals surface area contributed by atoms with E-state index < -0.39 is 18.1 Å². The second-order valence-electron chi connectivity index (χ2n) is 9.86. The average Bonchev–Trinajstić information content (AvgIpc) is 2.93. The number of amides is 1. The summed E-state index contributed by atoms with van der Waals surface area (Å²) < 4.78 is 19.6. The first-order valence-electron chi connectivity index (χ1n) is 13.0. The number of carbonyl (C=O) groups excluding carboxylic acids is 1. The lowest BCUT2D eigenvalue weighted by Gasteiger charge is -2.33. The summed E-state index contributed by atoms with van der Waals surface area (Å²) in [7, 11) is 0. The van der Waals surface area contributed by atoms with Crippen molar-refractivity contribution in [2.45, 2.75) is 71.4 Å². The lowest BCUT2D eigenvalue weighted by Crippen LogP contribution is -2.43. The van der Waals surface area contributed by atoms with Crippen LogP contribution in [0.2, 0.25) is 5.02 Å². The minimum atomic E-state index is -0.939. The van der Waals surface area contributed by atoms with E-state index in [1.54, 1.807) is 36.5 Å². The molecule has 0 unspecified atom stereocenters. The lowest BCUT2D eigenvalue weighted by atomic mass is 9.74. The summed E-state index contributed by atoms with van der Waals surface area (Å²) in [5, 5.41) is 13.5. The second kappa shape index (κ2) is 12.5. The van der Waals surface area contributed by atoms with Crippen LogP contribution in [0.5, 0.6) is 11.9 Å². The summed E-state index contributed by atoms with van der Waals surface area (Å²) in [5.74, 6) is 0.634. The highest BCUT2D eigenvalue weighted by Gasteiger charge is 2.39. The van der Waals surface area contributed by atoms with Gasteiger partial charge in [-0.2, -0.15) is 9.97 Å². The maximum atomic E-state index is 13.8. The molecule has 1 aliphatic carbocycles. The Morgan fingerprint density at radius 3 is 2.61 bits per heavy atom. The maximum Gasteiger partial charge on any atom is 0.318 e. The zero-order chi connectivity index (χ0) is 27.1. The van der Waals surface area contributed by atoms with Gasteiger partial charge < -0.3 is 15.2 Å². The lowest BCUT2D eigenvalue weighted by molar-refractivity contribution is -0.134. The van der Waals surface area contributed by atoms with Gasteiger partial charge in [-0.15, -0.1) is 0 Å². The fraction of sp³-hybridized carbons (Fsp3) is 0.464. The van der Waals surface area contributed by atoms with Crippen molar-refractivity contribution in [2.75, 3.05) is 6.67 Å². The molecule has 202 valence electrons. The molecular weight excluding hydrogens is 509 g/mol. The van der Waals surface area contributed by atoms with Crippen molar-refractivity contribution in [3.8, 4) is 34.7 Å². The summed E-state index contributed by atoms with van der Waals surface area (Å²) in [5.41, 5.74) is 0.846. The van der Waals surface area contributed by atoms with Crippen LogP contribution in [-0.2, 0) is 11.3 Å². The van der Waals surface area contributed by atoms with E-state index in [-0.39, 0.29) is 30.2 Å². The SMILES string of the molecule is CCC[C@H](C)Oc1ccc(-c2nc(O)nc(-c3cc(CNC(=O)C4(CF)CCCCC4)ccc3Cl)n2)cn1. The summed E-state index contributed by atoms with van der Waals surface area (Å²) in [6.07, 6.45) is 7.44. The number of hydrogen-bond acceptors (Lipinski definition) is 7. The standard InChI is InChI=1S/C28H33ClFN5O3/c1-3-7-18(2)38-23-11-9-20(16-31-23)24-33-25(35-27(37)34-24)21-14-19(8-10-22(21)29)15-32-26(36)28(17-30)12-5-4-6-13-28/h8-11,14,16,18H,3-7,12-13,15,17H2,1-2H3,(H,32,36)(H,33,34,35,37)/t18-/m0/s1. The number of aromatic hydroxyl groups is 1. The number of benzene rings is 1. The van der Waals surface area contributed by atoms with Crippen LogP contribution < -0.4 is 10.1 Å². The summed E-state index contributed by atoms with van der Waals surface area (Å²) >= 11 is 6.46. The first-order chi connectivity index (χ1) is 18.3. The fourth-order valence-electron chi connectivity index (χ4n) is 4.74. The number of alkyl halides is 1. The zero-order valence-electron chi connectivity index (χ0n) is 21.7. The molecular formula is C28H33ClFN5O3. The first kappa shape index (κ1) is 27.7. The van der Waals surface area contributed by atoms with Gasteiger partial charge in [0.25, 0.3) is 0 Å². The number of carbonyl (C=O) groups is 1. The molecule has 2 heterocycles. The van der Waals surface area contributed by atoms with Crippen molar-refractivity contribution in [1.29, 1.82) is 0 Å². The quantitative estimate of drug-likeness (QED) is 0.321. The minimum Gasteiger partial charge on any atom is -0.479 e. The predicted octanol–water partition coefficient (Wildman–Crippen LogP) is 6.06. The fourth-order valence-corrected chi connectivity index (χ4v) is 4.94. The molecule has 0 spiro atoms. The van der Waals surface area contributed by atoms with Crippen LogP contribution in [0.15, 0.2) is 36.5 Å². The topological polar surface area (TPSA) is 110 Å². The van der Waals surface area contributed by atoms with Crippen LogP contribution in [0, 0.1) is 5.41 Å². The minimum absolute atomic E-state index is 0.0514. The Kier molecular flexibility index (Phi) is 9.09. The third-order valence-electron chi connectivity index (χ3n) is 6.91. The number of ether oxygens (including phenoxy) is 1. The number of nitrogens with zero attached hydrogens (tertiary/aromatic N) is 4. The summed E-state index contributed by atoms with van der Waals surface area (Å²) in [4.78, 5) is 29.8.